The first kappa shape index (κ1) is 16.6. The van der Waals surface area contributed by atoms with Crippen LogP contribution in [0.4, 0.5) is 0 Å². The number of carbonyl (C=O) groups excluding carboxylic acids is 1. The molecule has 2 N–H and O–H groups in total. The minimum atomic E-state index is 0.130. The molecule has 2 aliphatic carbocycles. The summed E-state index contributed by atoms with van der Waals surface area (Å²) in [7, 11) is 0. The third-order valence-corrected chi connectivity index (χ3v) is 6.71. The van der Waals surface area contributed by atoms with E-state index < -0.39 is 0 Å². The van der Waals surface area contributed by atoms with Gasteiger partial charge in [0.05, 0.1) is 4.88 Å². The lowest BCUT2D eigenvalue weighted by Gasteiger charge is -2.22. The van der Waals surface area contributed by atoms with Crippen molar-refractivity contribution in [3.8, 4) is 0 Å². The summed E-state index contributed by atoms with van der Waals surface area (Å²) in [6.07, 6.45) is 8.38. The average molecular weight is 349 g/mol. The predicted octanol–water partition coefficient (Wildman–Crippen LogP) is 3.29. The van der Waals surface area contributed by atoms with E-state index in [4.69, 9.17) is 4.74 Å². The summed E-state index contributed by atoms with van der Waals surface area (Å²) in [5.74, 6) is 1.51. The number of carbonyl (C=O) groups is 1. The van der Waals surface area contributed by atoms with E-state index in [1.54, 1.807) is 11.3 Å². The third kappa shape index (κ3) is 4.01. The molecule has 0 spiro atoms. The topological polar surface area (TPSA) is 50.4 Å². The minimum absolute atomic E-state index is 0.130. The van der Waals surface area contributed by atoms with E-state index >= 15 is 0 Å². The first-order valence-corrected chi connectivity index (χ1v) is 10.4. The molecule has 1 aromatic rings. The second kappa shape index (κ2) is 7.54. The molecule has 132 valence electrons. The van der Waals surface area contributed by atoms with E-state index in [-0.39, 0.29) is 5.91 Å². The van der Waals surface area contributed by atoms with Crippen LogP contribution in [0.5, 0.6) is 0 Å². The van der Waals surface area contributed by atoms with Crippen LogP contribution < -0.4 is 10.6 Å². The zero-order valence-electron chi connectivity index (χ0n) is 14.3. The van der Waals surface area contributed by atoms with E-state index in [0.29, 0.717) is 18.0 Å². The van der Waals surface area contributed by atoms with Gasteiger partial charge in [-0.2, -0.15) is 0 Å². The molecule has 2 atom stereocenters. The second-order valence-corrected chi connectivity index (χ2v) is 8.52. The maximum Gasteiger partial charge on any atom is 0.261 e. The number of nitrogens with one attached hydrogen (secondary N) is 2. The van der Waals surface area contributed by atoms with E-state index in [0.717, 1.165) is 43.4 Å². The number of hydrogen-bond acceptors (Lipinski definition) is 4. The lowest BCUT2D eigenvalue weighted by Crippen LogP contribution is -2.32. The normalized spacial score (nSPS) is 28.2. The molecule has 1 aromatic heterocycles. The van der Waals surface area contributed by atoms with Crippen LogP contribution in [0.15, 0.2) is 11.4 Å². The fraction of sp³-hybridized carbons (Fsp3) is 0.737. The summed E-state index contributed by atoms with van der Waals surface area (Å²) in [4.78, 5) is 13.2. The van der Waals surface area contributed by atoms with E-state index in [9.17, 15) is 4.79 Å². The van der Waals surface area contributed by atoms with Gasteiger partial charge in [-0.05, 0) is 61.6 Å². The Morgan fingerprint density at radius 3 is 2.79 bits per heavy atom. The summed E-state index contributed by atoms with van der Waals surface area (Å²) >= 11 is 1.60. The highest BCUT2D eigenvalue weighted by Gasteiger charge is 2.39. The molecule has 1 saturated heterocycles. The smallest absolute Gasteiger partial charge is 0.261 e. The van der Waals surface area contributed by atoms with E-state index in [1.807, 2.05) is 0 Å². The van der Waals surface area contributed by atoms with Gasteiger partial charge in [0.25, 0.3) is 5.91 Å². The fourth-order valence-electron chi connectivity index (χ4n) is 4.05. The summed E-state index contributed by atoms with van der Waals surface area (Å²) in [5.41, 5.74) is 1.35. The molecule has 0 radical (unpaired) electrons. The van der Waals surface area contributed by atoms with Crippen molar-refractivity contribution in [1.29, 1.82) is 0 Å². The number of ether oxygens (including phenoxy) is 1. The number of thiophene rings is 1. The van der Waals surface area contributed by atoms with Gasteiger partial charge in [0.1, 0.15) is 0 Å². The summed E-state index contributed by atoms with van der Waals surface area (Å²) in [6.45, 7) is 2.96. The summed E-state index contributed by atoms with van der Waals surface area (Å²) < 4.78 is 5.42. The van der Waals surface area contributed by atoms with Crippen LogP contribution in [0, 0.1) is 5.92 Å². The van der Waals surface area contributed by atoms with Gasteiger partial charge in [0, 0.05) is 31.2 Å². The lowest BCUT2D eigenvalue weighted by atomic mass is 10.0. The number of hydrogen-bond donors (Lipinski definition) is 2. The first-order chi connectivity index (χ1) is 11.8. The van der Waals surface area contributed by atoms with Crippen LogP contribution >= 0.6 is 11.3 Å². The highest BCUT2D eigenvalue weighted by atomic mass is 32.1. The molecule has 2 heterocycles. The molecular formula is C19H28N2O2S. The Labute approximate surface area is 148 Å². The molecular weight excluding hydrogens is 320 g/mol. The Morgan fingerprint density at radius 2 is 2.00 bits per heavy atom. The van der Waals surface area contributed by atoms with E-state index in [1.165, 1.54) is 37.7 Å². The Bertz CT molecular complexity index is 561. The summed E-state index contributed by atoms with van der Waals surface area (Å²) in [6, 6.07) is 3.13. The second-order valence-electron chi connectivity index (χ2n) is 7.61. The molecule has 3 fully saturated rings. The van der Waals surface area contributed by atoms with Crippen molar-refractivity contribution in [2.24, 2.45) is 5.92 Å². The Morgan fingerprint density at radius 1 is 1.21 bits per heavy atom. The molecule has 3 aliphatic rings. The Balaban J connectivity index is 1.24. The van der Waals surface area contributed by atoms with E-state index in [2.05, 4.69) is 22.1 Å². The van der Waals surface area contributed by atoms with Crippen LogP contribution in [0.25, 0.3) is 0 Å². The van der Waals surface area contributed by atoms with Gasteiger partial charge in [-0.15, -0.1) is 11.3 Å². The van der Waals surface area contributed by atoms with Crippen molar-refractivity contribution in [3.05, 3.63) is 21.9 Å². The van der Waals surface area contributed by atoms with Gasteiger partial charge in [-0.25, -0.2) is 0 Å². The maximum absolute atomic E-state index is 12.3. The monoisotopic (exact) mass is 348 g/mol. The van der Waals surface area contributed by atoms with Crippen molar-refractivity contribution in [1.82, 2.24) is 10.6 Å². The maximum atomic E-state index is 12.3. The van der Waals surface area contributed by atoms with Gasteiger partial charge in [0.2, 0.25) is 0 Å². The molecule has 4 rings (SSSR count). The SMILES string of the molecule is O=C(NC1CCCC1)c1cc(C2CC2NCC2CCOCC2)cs1. The molecule has 0 bridgehead atoms. The Kier molecular flexibility index (Phi) is 5.20. The molecule has 1 aliphatic heterocycles. The van der Waals surface area contributed by atoms with Gasteiger partial charge >= 0.3 is 0 Å². The quantitative estimate of drug-likeness (QED) is 0.829. The average Bonchev–Trinajstić information content (AvgIpc) is 3.01. The molecule has 4 nitrogen and oxygen atoms in total. The van der Waals surface area contributed by atoms with Gasteiger partial charge in [0.15, 0.2) is 0 Å². The first-order valence-electron chi connectivity index (χ1n) is 9.50. The van der Waals surface area contributed by atoms with Crippen LogP contribution in [-0.4, -0.2) is 37.7 Å². The van der Waals surface area contributed by atoms with Crippen LogP contribution in [0.3, 0.4) is 0 Å². The van der Waals surface area contributed by atoms with Crippen molar-refractivity contribution >= 4 is 17.2 Å². The van der Waals surface area contributed by atoms with Crippen molar-refractivity contribution < 1.29 is 9.53 Å². The lowest BCUT2D eigenvalue weighted by molar-refractivity contribution is 0.0662. The van der Waals surface area contributed by atoms with Crippen LogP contribution in [0.2, 0.25) is 0 Å². The summed E-state index contributed by atoms with van der Waals surface area (Å²) in [5, 5.41) is 9.10. The number of rotatable bonds is 6. The molecule has 5 heteroatoms. The van der Waals surface area contributed by atoms with Gasteiger partial charge < -0.3 is 15.4 Å². The third-order valence-electron chi connectivity index (χ3n) is 5.76. The molecule has 2 unspecified atom stereocenters. The van der Waals surface area contributed by atoms with Gasteiger partial charge in [-0.1, -0.05) is 12.8 Å². The molecule has 0 aromatic carbocycles. The molecule has 24 heavy (non-hydrogen) atoms. The number of amides is 1. The largest absolute Gasteiger partial charge is 0.381 e. The van der Waals surface area contributed by atoms with Crippen LogP contribution in [-0.2, 0) is 4.74 Å². The van der Waals surface area contributed by atoms with Gasteiger partial charge in [-0.3, -0.25) is 4.79 Å². The van der Waals surface area contributed by atoms with Crippen molar-refractivity contribution in [3.63, 3.8) is 0 Å². The van der Waals surface area contributed by atoms with Crippen molar-refractivity contribution in [2.75, 3.05) is 19.8 Å². The zero-order chi connectivity index (χ0) is 16.4. The van der Waals surface area contributed by atoms with Crippen LogP contribution in [0.1, 0.15) is 66.1 Å². The zero-order valence-corrected chi connectivity index (χ0v) is 15.1. The molecule has 1 amide bonds. The Hall–Kier alpha value is -0.910. The molecule has 2 saturated carbocycles. The van der Waals surface area contributed by atoms with Crippen molar-refractivity contribution in [2.45, 2.75) is 62.9 Å². The highest BCUT2D eigenvalue weighted by molar-refractivity contribution is 7.12. The predicted molar refractivity (Wildman–Crippen MR) is 96.7 cm³/mol. The highest BCUT2D eigenvalue weighted by Crippen LogP contribution is 2.42. The fourth-order valence-corrected chi connectivity index (χ4v) is 4.92. The standard InChI is InChI=1S/C19H28N2O2S/c22-19(21-15-3-1-2-4-15)18-9-14(12-24-18)16-10-17(16)20-11-13-5-7-23-8-6-13/h9,12-13,15-17,20H,1-8,10-11H2,(H,21,22). The minimum Gasteiger partial charge on any atom is -0.381 e.